The molecule has 4 heteroatoms. The fourth-order valence-corrected chi connectivity index (χ4v) is 6.19. The lowest BCUT2D eigenvalue weighted by Gasteiger charge is -2.18. The third-order valence-corrected chi connectivity index (χ3v) is 9.08. The highest BCUT2D eigenvalue weighted by molar-refractivity contribution is 5.69. The number of carboxylic acid groups (broad SMARTS) is 1. The van der Waals surface area contributed by atoms with Gasteiger partial charge in [0.15, 0.2) is 0 Å². The van der Waals surface area contributed by atoms with Crippen LogP contribution in [0.2, 0.25) is 0 Å². The molecule has 0 saturated heterocycles. The van der Waals surface area contributed by atoms with Crippen molar-refractivity contribution in [2.45, 2.75) is 238 Å². The Labute approximate surface area is 269 Å². The standard InChI is InChI=1S/C39H76O4/c1-3-5-7-8-9-10-11-19-22-25-28-32-36-39(42)43-37(33-29-6-4-2)34-30-26-23-20-17-15-13-12-14-16-18-21-24-27-31-35-38(40)41/h37H,3-36H2,1-2H3,(H,40,41). The van der Waals surface area contributed by atoms with Crippen molar-refractivity contribution < 1.29 is 19.4 Å². The number of unbranched alkanes of at least 4 members (excludes halogenated alkanes) is 27. The van der Waals surface area contributed by atoms with Gasteiger partial charge in [-0.2, -0.15) is 0 Å². The molecule has 0 fully saturated rings. The molecule has 0 aromatic heterocycles. The van der Waals surface area contributed by atoms with E-state index in [4.69, 9.17) is 9.84 Å². The van der Waals surface area contributed by atoms with E-state index < -0.39 is 5.97 Å². The molecular formula is C39H76O4. The van der Waals surface area contributed by atoms with E-state index in [2.05, 4.69) is 13.8 Å². The van der Waals surface area contributed by atoms with Crippen molar-refractivity contribution in [2.75, 3.05) is 0 Å². The quantitative estimate of drug-likeness (QED) is 0.0567. The van der Waals surface area contributed by atoms with Crippen LogP contribution in [-0.4, -0.2) is 23.1 Å². The van der Waals surface area contributed by atoms with Crippen molar-refractivity contribution in [3.63, 3.8) is 0 Å². The second-order valence-corrected chi connectivity index (χ2v) is 13.5. The minimum Gasteiger partial charge on any atom is -0.481 e. The van der Waals surface area contributed by atoms with Crippen molar-refractivity contribution >= 4 is 11.9 Å². The molecule has 4 nitrogen and oxygen atoms in total. The molecule has 0 aliphatic heterocycles. The highest BCUT2D eigenvalue weighted by Crippen LogP contribution is 2.19. The fourth-order valence-electron chi connectivity index (χ4n) is 6.19. The van der Waals surface area contributed by atoms with Crippen LogP contribution in [0.4, 0.5) is 0 Å². The molecule has 0 radical (unpaired) electrons. The summed E-state index contributed by atoms with van der Waals surface area (Å²) in [5, 5.41) is 8.66. The van der Waals surface area contributed by atoms with Crippen molar-refractivity contribution in [2.24, 2.45) is 0 Å². The van der Waals surface area contributed by atoms with Gasteiger partial charge >= 0.3 is 11.9 Å². The minimum absolute atomic E-state index is 0.0457. The predicted molar refractivity (Wildman–Crippen MR) is 186 cm³/mol. The van der Waals surface area contributed by atoms with Crippen LogP contribution in [0, 0.1) is 0 Å². The Bertz CT molecular complexity index is 576. The topological polar surface area (TPSA) is 63.6 Å². The summed E-state index contributed by atoms with van der Waals surface area (Å²) < 4.78 is 5.97. The smallest absolute Gasteiger partial charge is 0.306 e. The maximum Gasteiger partial charge on any atom is 0.306 e. The van der Waals surface area contributed by atoms with E-state index in [0.29, 0.717) is 12.8 Å². The second-order valence-electron chi connectivity index (χ2n) is 13.5. The van der Waals surface area contributed by atoms with Crippen molar-refractivity contribution in [3.8, 4) is 0 Å². The number of ether oxygens (including phenoxy) is 1. The lowest BCUT2D eigenvalue weighted by Crippen LogP contribution is -2.18. The Morgan fingerprint density at radius 1 is 0.419 bits per heavy atom. The SMILES string of the molecule is CCCCCCCCCCCCCCC(=O)OC(CCCCC)CCCCCCCCCCCCCCCCCC(=O)O. The van der Waals surface area contributed by atoms with Crippen LogP contribution in [0.5, 0.6) is 0 Å². The zero-order valence-corrected chi connectivity index (χ0v) is 29.3. The number of carbonyl (C=O) groups is 2. The first-order chi connectivity index (χ1) is 21.1. The Kier molecular flexibility index (Phi) is 34.5. The first-order valence-electron chi connectivity index (χ1n) is 19.5. The number of carboxylic acids is 1. The van der Waals surface area contributed by atoms with E-state index in [0.717, 1.165) is 32.1 Å². The third-order valence-electron chi connectivity index (χ3n) is 9.08. The van der Waals surface area contributed by atoms with Gasteiger partial charge in [0.2, 0.25) is 0 Å². The summed E-state index contributed by atoms with van der Waals surface area (Å²) in [6.07, 6.45) is 41.6. The average molecular weight is 609 g/mol. The molecule has 0 aliphatic rings. The van der Waals surface area contributed by atoms with Crippen LogP contribution < -0.4 is 0 Å². The van der Waals surface area contributed by atoms with Crippen LogP contribution in [-0.2, 0) is 14.3 Å². The van der Waals surface area contributed by atoms with Crippen LogP contribution in [0.15, 0.2) is 0 Å². The molecule has 0 bridgehead atoms. The highest BCUT2D eigenvalue weighted by atomic mass is 16.5. The van der Waals surface area contributed by atoms with E-state index in [-0.39, 0.29) is 12.1 Å². The fraction of sp³-hybridized carbons (Fsp3) is 0.949. The van der Waals surface area contributed by atoms with Crippen molar-refractivity contribution in [1.29, 1.82) is 0 Å². The lowest BCUT2D eigenvalue weighted by molar-refractivity contribution is -0.150. The van der Waals surface area contributed by atoms with Gasteiger partial charge in [-0.25, -0.2) is 0 Å². The molecule has 1 atom stereocenters. The van der Waals surface area contributed by atoms with Gasteiger partial charge in [-0.1, -0.05) is 181 Å². The van der Waals surface area contributed by atoms with Gasteiger partial charge in [-0.05, 0) is 38.5 Å². The van der Waals surface area contributed by atoms with E-state index >= 15 is 0 Å². The number of rotatable bonds is 36. The third kappa shape index (κ3) is 35.3. The monoisotopic (exact) mass is 609 g/mol. The molecule has 1 unspecified atom stereocenters. The molecule has 0 amide bonds. The molecule has 0 spiro atoms. The molecule has 0 saturated carbocycles. The Morgan fingerprint density at radius 2 is 0.698 bits per heavy atom. The molecule has 0 aromatic rings. The van der Waals surface area contributed by atoms with Crippen molar-refractivity contribution in [1.82, 2.24) is 0 Å². The molecule has 43 heavy (non-hydrogen) atoms. The molecule has 1 N–H and O–H groups in total. The van der Waals surface area contributed by atoms with Gasteiger partial charge in [0, 0.05) is 12.8 Å². The number of hydrogen-bond donors (Lipinski definition) is 1. The first kappa shape index (κ1) is 41.9. The Balaban J connectivity index is 3.67. The number of aliphatic carboxylic acids is 1. The van der Waals surface area contributed by atoms with Gasteiger partial charge in [0.1, 0.15) is 6.10 Å². The van der Waals surface area contributed by atoms with Gasteiger partial charge in [-0.15, -0.1) is 0 Å². The van der Waals surface area contributed by atoms with Crippen LogP contribution in [0.3, 0.4) is 0 Å². The molecular weight excluding hydrogens is 532 g/mol. The largest absolute Gasteiger partial charge is 0.481 e. The molecule has 0 heterocycles. The van der Waals surface area contributed by atoms with Crippen LogP contribution in [0.1, 0.15) is 232 Å². The normalized spacial score (nSPS) is 12.0. The molecule has 0 aliphatic carbocycles. The van der Waals surface area contributed by atoms with Gasteiger partial charge in [0.25, 0.3) is 0 Å². The van der Waals surface area contributed by atoms with Gasteiger partial charge < -0.3 is 9.84 Å². The summed E-state index contributed by atoms with van der Waals surface area (Å²) in [5.41, 5.74) is 0. The summed E-state index contributed by atoms with van der Waals surface area (Å²) in [6.45, 7) is 4.52. The van der Waals surface area contributed by atoms with E-state index in [1.54, 1.807) is 0 Å². The minimum atomic E-state index is -0.663. The Morgan fingerprint density at radius 3 is 1.07 bits per heavy atom. The summed E-state index contributed by atoms with van der Waals surface area (Å²) in [5.74, 6) is -0.617. The predicted octanol–water partition coefficient (Wildman–Crippen LogP) is 13.3. The van der Waals surface area contributed by atoms with Crippen molar-refractivity contribution in [3.05, 3.63) is 0 Å². The second kappa shape index (κ2) is 35.4. The van der Waals surface area contributed by atoms with Gasteiger partial charge in [0.05, 0.1) is 0 Å². The number of carbonyl (C=O) groups excluding carboxylic acids is 1. The summed E-state index contributed by atoms with van der Waals surface area (Å²) in [6, 6.07) is 0. The maximum absolute atomic E-state index is 12.5. The molecule has 0 rings (SSSR count). The van der Waals surface area contributed by atoms with Crippen LogP contribution >= 0.6 is 0 Å². The summed E-state index contributed by atoms with van der Waals surface area (Å²) in [7, 11) is 0. The average Bonchev–Trinajstić information content (AvgIpc) is 2.99. The zero-order chi connectivity index (χ0) is 31.5. The molecule has 256 valence electrons. The number of hydrogen-bond acceptors (Lipinski definition) is 3. The Hall–Kier alpha value is -1.06. The van der Waals surface area contributed by atoms with Gasteiger partial charge in [-0.3, -0.25) is 9.59 Å². The van der Waals surface area contributed by atoms with E-state index in [1.807, 2.05) is 0 Å². The first-order valence-corrected chi connectivity index (χ1v) is 19.5. The maximum atomic E-state index is 12.5. The molecule has 0 aromatic carbocycles. The van der Waals surface area contributed by atoms with E-state index in [9.17, 15) is 9.59 Å². The van der Waals surface area contributed by atoms with Crippen LogP contribution in [0.25, 0.3) is 0 Å². The summed E-state index contributed by atoms with van der Waals surface area (Å²) >= 11 is 0. The lowest BCUT2D eigenvalue weighted by atomic mass is 10.0. The number of esters is 1. The van der Waals surface area contributed by atoms with E-state index in [1.165, 1.54) is 173 Å². The highest BCUT2D eigenvalue weighted by Gasteiger charge is 2.14. The zero-order valence-electron chi connectivity index (χ0n) is 29.3. The summed E-state index contributed by atoms with van der Waals surface area (Å²) in [4.78, 5) is 23.0.